The van der Waals surface area contributed by atoms with Crippen molar-refractivity contribution in [2.24, 2.45) is 0 Å². The normalized spacial score (nSPS) is 10.5. The third-order valence-corrected chi connectivity index (χ3v) is 3.89. The maximum atomic E-state index is 12.0. The Morgan fingerprint density at radius 3 is 1.31 bits per heavy atom. The first kappa shape index (κ1) is 13.1. The molecule has 0 aromatic heterocycles. The van der Waals surface area contributed by atoms with E-state index in [4.69, 9.17) is 0 Å². The molecule has 2 rings (SSSR count). The van der Waals surface area contributed by atoms with Crippen molar-refractivity contribution in [2.45, 2.75) is 9.79 Å². The van der Waals surface area contributed by atoms with Gasteiger partial charge in [0.05, 0.1) is 9.79 Å². The zero-order chi connectivity index (χ0) is 10.7. The minimum atomic E-state index is -3.34. The largest absolute Gasteiger partial charge is 1.00 e. The second-order valence-electron chi connectivity index (χ2n) is 3.13. The summed E-state index contributed by atoms with van der Waals surface area (Å²) in [7, 11) is -3.34. The summed E-state index contributed by atoms with van der Waals surface area (Å²) in [5.41, 5.74) is 0. The molecule has 0 radical (unpaired) electrons. The SMILES string of the molecule is O=S(=O)(c1ccccc1)c1ccccc1.[H-].[Li+]. The molecule has 0 bridgehead atoms. The molecule has 0 aliphatic carbocycles. The van der Waals surface area contributed by atoms with Crippen LogP contribution < -0.4 is 18.9 Å². The molecule has 0 heterocycles. The van der Waals surface area contributed by atoms with Crippen molar-refractivity contribution >= 4 is 9.84 Å². The van der Waals surface area contributed by atoms with Crippen molar-refractivity contribution in [1.29, 1.82) is 0 Å². The fourth-order valence-electron chi connectivity index (χ4n) is 1.34. The fourth-order valence-corrected chi connectivity index (χ4v) is 2.64. The first-order chi connectivity index (χ1) is 7.21. The molecule has 0 aliphatic heterocycles. The van der Waals surface area contributed by atoms with Gasteiger partial charge in [0.15, 0.2) is 0 Å². The van der Waals surface area contributed by atoms with Gasteiger partial charge >= 0.3 is 18.9 Å². The maximum Gasteiger partial charge on any atom is 1.00 e. The molecule has 0 saturated carbocycles. The van der Waals surface area contributed by atoms with Crippen LogP contribution in [0.4, 0.5) is 0 Å². The van der Waals surface area contributed by atoms with Gasteiger partial charge in [0.1, 0.15) is 0 Å². The van der Waals surface area contributed by atoms with E-state index in [9.17, 15) is 8.42 Å². The number of hydrogen-bond donors (Lipinski definition) is 0. The van der Waals surface area contributed by atoms with Crippen molar-refractivity contribution in [3.05, 3.63) is 60.7 Å². The van der Waals surface area contributed by atoms with Crippen molar-refractivity contribution in [3.63, 3.8) is 0 Å². The van der Waals surface area contributed by atoms with Crippen LogP contribution >= 0.6 is 0 Å². The van der Waals surface area contributed by atoms with E-state index < -0.39 is 9.84 Å². The zero-order valence-corrected chi connectivity index (χ0v) is 9.81. The maximum absolute atomic E-state index is 12.0. The summed E-state index contributed by atoms with van der Waals surface area (Å²) >= 11 is 0. The van der Waals surface area contributed by atoms with E-state index in [0.29, 0.717) is 9.79 Å². The van der Waals surface area contributed by atoms with Gasteiger partial charge in [0, 0.05) is 0 Å². The molecular weight excluding hydrogens is 215 g/mol. The molecule has 0 fully saturated rings. The van der Waals surface area contributed by atoms with E-state index in [-0.39, 0.29) is 20.3 Å². The van der Waals surface area contributed by atoms with E-state index in [1.54, 1.807) is 60.7 Å². The third kappa shape index (κ3) is 2.56. The smallest absolute Gasteiger partial charge is 1.00 e. The van der Waals surface area contributed by atoms with E-state index >= 15 is 0 Å². The van der Waals surface area contributed by atoms with Gasteiger partial charge in [-0.1, -0.05) is 36.4 Å². The summed E-state index contributed by atoms with van der Waals surface area (Å²) < 4.78 is 24.1. The number of sulfone groups is 1. The molecule has 0 aliphatic rings. The van der Waals surface area contributed by atoms with Crippen LogP contribution in [0.5, 0.6) is 0 Å². The first-order valence-corrected chi connectivity index (χ1v) is 6.05. The Bertz CT molecular complexity index is 496. The van der Waals surface area contributed by atoms with E-state index in [2.05, 4.69) is 0 Å². The Morgan fingerprint density at radius 2 is 1.00 bits per heavy atom. The molecule has 0 unspecified atom stereocenters. The van der Waals surface area contributed by atoms with Gasteiger partial charge in [-0.3, -0.25) is 0 Å². The van der Waals surface area contributed by atoms with E-state index in [1.807, 2.05) is 0 Å². The van der Waals surface area contributed by atoms with E-state index in [0.717, 1.165) is 0 Å². The molecule has 0 spiro atoms. The van der Waals surface area contributed by atoms with Gasteiger partial charge in [0.25, 0.3) is 0 Å². The van der Waals surface area contributed by atoms with E-state index in [1.165, 1.54) is 0 Å². The number of hydrogen-bond acceptors (Lipinski definition) is 2. The summed E-state index contributed by atoms with van der Waals surface area (Å²) in [4.78, 5) is 0.660. The van der Waals surface area contributed by atoms with Crippen LogP contribution in [0.2, 0.25) is 0 Å². The zero-order valence-electron chi connectivity index (χ0n) is 10.00. The van der Waals surface area contributed by atoms with Gasteiger partial charge in [-0.2, -0.15) is 0 Å². The molecule has 16 heavy (non-hydrogen) atoms. The van der Waals surface area contributed by atoms with Crippen LogP contribution in [0.25, 0.3) is 0 Å². The molecule has 2 nitrogen and oxygen atoms in total. The molecular formula is C12H11LiO2S. The second kappa shape index (κ2) is 5.36. The predicted molar refractivity (Wildman–Crippen MR) is 59.4 cm³/mol. The third-order valence-electron chi connectivity index (χ3n) is 2.11. The molecule has 2 aromatic rings. The second-order valence-corrected chi connectivity index (χ2v) is 5.08. The molecule has 0 N–H and O–H groups in total. The molecule has 78 valence electrons. The topological polar surface area (TPSA) is 34.1 Å². The van der Waals surface area contributed by atoms with Crippen LogP contribution in [0.15, 0.2) is 70.5 Å². The summed E-state index contributed by atoms with van der Waals surface area (Å²) in [5.74, 6) is 0. The van der Waals surface area contributed by atoms with Gasteiger partial charge < -0.3 is 1.43 Å². The summed E-state index contributed by atoms with van der Waals surface area (Å²) in [6.45, 7) is 0. The van der Waals surface area contributed by atoms with Crippen LogP contribution in [0, 0.1) is 0 Å². The number of benzene rings is 2. The first-order valence-electron chi connectivity index (χ1n) is 4.56. The van der Waals surface area contributed by atoms with Crippen molar-refractivity contribution in [3.8, 4) is 0 Å². The Hall–Kier alpha value is -1.01. The average Bonchev–Trinajstić information content (AvgIpc) is 2.31. The molecule has 0 amide bonds. The molecule has 2 aromatic carbocycles. The molecule has 4 heteroatoms. The summed E-state index contributed by atoms with van der Waals surface area (Å²) in [6.07, 6.45) is 0. The summed E-state index contributed by atoms with van der Waals surface area (Å²) in [6, 6.07) is 16.9. The van der Waals surface area contributed by atoms with Gasteiger partial charge in [-0.05, 0) is 24.3 Å². The average molecular weight is 226 g/mol. The molecule has 0 saturated heterocycles. The fraction of sp³-hybridized carbons (Fsp3) is 0. The minimum Gasteiger partial charge on any atom is -1.00 e. The van der Waals surface area contributed by atoms with Gasteiger partial charge in [-0.25, -0.2) is 8.42 Å². The van der Waals surface area contributed by atoms with Gasteiger partial charge in [0.2, 0.25) is 9.84 Å². The number of rotatable bonds is 2. The standard InChI is InChI=1S/C12H10O2S.Li.H/c13-15(14,11-7-3-1-4-8-11)12-9-5-2-6-10-12;;/h1-10H;;/q;+1;-1. The van der Waals surface area contributed by atoms with Crippen molar-refractivity contribution in [2.75, 3.05) is 0 Å². The van der Waals surface area contributed by atoms with Crippen molar-refractivity contribution in [1.82, 2.24) is 0 Å². The predicted octanol–water partition coefficient (Wildman–Crippen LogP) is -0.364. The van der Waals surface area contributed by atoms with Crippen LogP contribution in [0.1, 0.15) is 1.43 Å². The Balaban J connectivity index is 0.00000128. The van der Waals surface area contributed by atoms with Crippen LogP contribution in [-0.2, 0) is 9.84 Å². The van der Waals surface area contributed by atoms with Gasteiger partial charge in [-0.15, -0.1) is 0 Å². The molecule has 0 atom stereocenters. The van der Waals surface area contributed by atoms with Crippen LogP contribution in [0.3, 0.4) is 0 Å². The minimum absolute atomic E-state index is 0. The Labute approximate surface area is 109 Å². The monoisotopic (exact) mass is 226 g/mol. The Kier molecular flexibility index (Phi) is 4.37. The quantitative estimate of drug-likeness (QED) is 0.655. The van der Waals surface area contributed by atoms with Crippen LogP contribution in [-0.4, -0.2) is 8.42 Å². The summed E-state index contributed by atoms with van der Waals surface area (Å²) in [5, 5.41) is 0. The van der Waals surface area contributed by atoms with Crippen molar-refractivity contribution < 1.29 is 28.7 Å². The Morgan fingerprint density at radius 1 is 0.688 bits per heavy atom.